The number of hydrogen-bond acceptors (Lipinski definition) is 2. The zero-order valence-corrected chi connectivity index (χ0v) is 15.2. The molecule has 2 aromatic heterocycles. The Labute approximate surface area is 147 Å². The minimum atomic E-state index is 0. The van der Waals surface area contributed by atoms with Gasteiger partial charge in [0.15, 0.2) is 0 Å². The largest absolute Gasteiger partial charge is 2.00 e. The Morgan fingerprint density at radius 1 is 0.632 bits per heavy atom. The molecule has 0 N–H and O–H groups in total. The van der Waals surface area contributed by atoms with Gasteiger partial charge in [-0.05, 0) is 26.0 Å². The molecule has 0 bridgehead atoms. The van der Waals surface area contributed by atoms with Crippen LogP contribution in [-0.2, 0) is 20.4 Å². The molecular weight excluding hydrogens is 462 g/mol. The van der Waals surface area contributed by atoms with Crippen LogP contribution in [0.5, 0.6) is 0 Å². The second-order valence-corrected chi connectivity index (χ2v) is 4.11. The maximum atomic E-state index is 4.58. The average Bonchev–Trinajstić information content (AvgIpc) is 2.29. The van der Waals surface area contributed by atoms with Gasteiger partial charge in [0, 0.05) is 22.2 Å². The number of pyridine rings is 2. The van der Waals surface area contributed by atoms with Crippen LogP contribution < -0.4 is 34.0 Å². The molecule has 3 aromatic rings. The molecule has 102 valence electrons. The second-order valence-electron chi connectivity index (χ2n) is 4.11. The molecule has 19 heavy (non-hydrogen) atoms. The first-order valence-corrected chi connectivity index (χ1v) is 5.38. The maximum Gasteiger partial charge on any atom is 2.00 e. The molecule has 0 spiro atoms. The van der Waals surface area contributed by atoms with E-state index in [0.717, 1.165) is 33.2 Å². The third kappa shape index (κ3) is 3.61. The Morgan fingerprint density at radius 3 is 1.32 bits per heavy atom. The number of nitrogens with zero attached hydrogens (tertiary/aromatic N) is 2. The molecule has 0 aliphatic heterocycles. The van der Waals surface area contributed by atoms with E-state index >= 15 is 0 Å². The first kappa shape index (κ1) is 18.7. The smallest absolute Gasteiger partial charge is 1.00 e. The van der Waals surface area contributed by atoms with Crippen LogP contribution in [0.25, 0.3) is 21.8 Å². The molecule has 3 rings (SSSR count). The van der Waals surface area contributed by atoms with Gasteiger partial charge in [0.05, 0.1) is 11.0 Å². The van der Waals surface area contributed by atoms with E-state index < -0.39 is 0 Å². The van der Waals surface area contributed by atoms with Crippen LogP contribution in [-0.4, -0.2) is 9.97 Å². The van der Waals surface area contributed by atoms with Gasteiger partial charge in [-0.2, -0.15) is 0 Å². The van der Waals surface area contributed by atoms with Crippen LogP contribution in [0.1, 0.15) is 11.4 Å². The summed E-state index contributed by atoms with van der Waals surface area (Å²) >= 11 is 0. The van der Waals surface area contributed by atoms with Crippen molar-refractivity contribution < 1.29 is 54.4 Å². The minimum Gasteiger partial charge on any atom is -1.00 e. The van der Waals surface area contributed by atoms with Crippen LogP contribution in [0, 0.1) is 13.8 Å². The SMILES string of the molecule is Cc1ccc2ccc3ccc(C)nc3c2n1.[Br-].[Br-].[Pd+2]. The molecule has 0 amide bonds. The van der Waals surface area contributed by atoms with E-state index in [4.69, 9.17) is 0 Å². The molecule has 0 saturated carbocycles. The van der Waals surface area contributed by atoms with Gasteiger partial charge >= 0.3 is 20.4 Å². The van der Waals surface area contributed by atoms with E-state index in [1.54, 1.807) is 0 Å². The molecule has 0 saturated heterocycles. The Balaban J connectivity index is 0.00000108. The van der Waals surface area contributed by atoms with Crippen molar-refractivity contribution in [1.82, 2.24) is 9.97 Å². The summed E-state index contributed by atoms with van der Waals surface area (Å²) in [6, 6.07) is 12.5. The topological polar surface area (TPSA) is 25.8 Å². The van der Waals surface area contributed by atoms with Crippen molar-refractivity contribution >= 4 is 21.8 Å². The van der Waals surface area contributed by atoms with Gasteiger partial charge in [-0.25, -0.2) is 0 Å². The van der Waals surface area contributed by atoms with Crippen molar-refractivity contribution in [1.29, 1.82) is 0 Å². The molecule has 0 aliphatic rings. The van der Waals surface area contributed by atoms with Crippen molar-refractivity contribution in [3.63, 3.8) is 0 Å². The third-order valence-electron chi connectivity index (χ3n) is 2.80. The number of aryl methyl sites for hydroxylation is 2. The standard InChI is InChI=1S/C14H12N2.2BrH.Pd/c1-9-3-5-11-7-8-12-6-4-10(2)16-14(12)13(11)15-9;;;/h3-8H,1-2H3;2*1H;/q;;;+2/p-2. The number of fused-ring (bicyclic) bond motifs is 3. The summed E-state index contributed by atoms with van der Waals surface area (Å²) in [5, 5.41) is 2.30. The maximum absolute atomic E-state index is 4.58. The molecule has 1 aromatic carbocycles. The quantitative estimate of drug-likeness (QED) is 0.264. The predicted molar refractivity (Wildman–Crippen MR) is 66.5 cm³/mol. The van der Waals surface area contributed by atoms with E-state index in [-0.39, 0.29) is 54.4 Å². The summed E-state index contributed by atoms with van der Waals surface area (Å²) in [5.74, 6) is 0. The van der Waals surface area contributed by atoms with E-state index in [1.165, 1.54) is 0 Å². The normalized spacial score (nSPS) is 9.37. The van der Waals surface area contributed by atoms with Crippen molar-refractivity contribution in [2.45, 2.75) is 13.8 Å². The fourth-order valence-corrected chi connectivity index (χ4v) is 1.96. The number of rotatable bonds is 0. The van der Waals surface area contributed by atoms with Crippen LogP contribution in [0.2, 0.25) is 0 Å². The number of halogens is 2. The van der Waals surface area contributed by atoms with Crippen LogP contribution in [0.4, 0.5) is 0 Å². The van der Waals surface area contributed by atoms with Gasteiger partial charge in [-0.3, -0.25) is 9.97 Å². The molecule has 0 aliphatic carbocycles. The Hall–Kier alpha value is -0.338. The second kappa shape index (κ2) is 7.45. The Bertz CT molecular complexity index is 641. The molecule has 0 atom stereocenters. The monoisotopic (exact) mass is 472 g/mol. The van der Waals surface area contributed by atoms with Crippen LogP contribution in [0.3, 0.4) is 0 Å². The Morgan fingerprint density at radius 2 is 0.947 bits per heavy atom. The number of benzene rings is 1. The summed E-state index contributed by atoms with van der Waals surface area (Å²) < 4.78 is 0. The molecule has 0 radical (unpaired) electrons. The van der Waals surface area contributed by atoms with Crippen molar-refractivity contribution in [2.75, 3.05) is 0 Å². The van der Waals surface area contributed by atoms with Crippen LogP contribution in [0.15, 0.2) is 36.4 Å². The summed E-state index contributed by atoms with van der Waals surface area (Å²) in [6.07, 6.45) is 0. The van der Waals surface area contributed by atoms with Gasteiger partial charge in [-0.1, -0.05) is 24.3 Å². The fraction of sp³-hybridized carbons (Fsp3) is 0.143. The molecule has 2 nitrogen and oxygen atoms in total. The predicted octanol–water partition coefficient (Wildman–Crippen LogP) is -2.59. The average molecular weight is 474 g/mol. The van der Waals surface area contributed by atoms with E-state index in [1.807, 2.05) is 26.0 Å². The van der Waals surface area contributed by atoms with Gasteiger partial charge in [-0.15, -0.1) is 0 Å². The van der Waals surface area contributed by atoms with Crippen molar-refractivity contribution in [2.24, 2.45) is 0 Å². The van der Waals surface area contributed by atoms with Crippen molar-refractivity contribution in [3.05, 3.63) is 47.8 Å². The van der Waals surface area contributed by atoms with Gasteiger partial charge in [0.1, 0.15) is 0 Å². The first-order chi connectivity index (χ1) is 7.74. The van der Waals surface area contributed by atoms with Gasteiger partial charge < -0.3 is 34.0 Å². The molecule has 0 unspecified atom stereocenters. The van der Waals surface area contributed by atoms with Gasteiger partial charge in [0.25, 0.3) is 0 Å². The summed E-state index contributed by atoms with van der Waals surface area (Å²) in [6.45, 7) is 4.02. The molecule has 2 heterocycles. The summed E-state index contributed by atoms with van der Waals surface area (Å²) in [5.41, 5.74) is 4.06. The van der Waals surface area contributed by atoms with E-state index in [9.17, 15) is 0 Å². The third-order valence-corrected chi connectivity index (χ3v) is 2.80. The van der Waals surface area contributed by atoms with Crippen LogP contribution >= 0.6 is 0 Å². The molecule has 0 fully saturated rings. The first-order valence-electron chi connectivity index (χ1n) is 5.38. The minimum absolute atomic E-state index is 0. The summed E-state index contributed by atoms with van der Waals surface area (Å²) in [4.78, 5) is 9.16. The summed E-state index contributed by atoms with van der Waals surface area (Å²) in [7, 11) is 0. The number of aromatic nitrogens is 2. The van der Waals surface area contributed by atoms with Crippen molar-refractivity contribution in [3.8, 4) is 0 Å². The zero-order valence-electron chi connectivity index (χ0n) is 10.4. The number of hydrogen-bond donors (Lipinski definition) is 0. The van der Waals surface area contributed by atoms with Gasteiger partial charge in [0.2, 0.25) is 0 Å². The fourth-order valence-electron chi connectivity index (χ4n) is 1.96. The molecular formula is C14H12Br2N2Pd. The van der Waals surface area contributed by atoms with E-state index in [2.05, 4.69) is 34.2 Å². The van der Waals surface area contributed by atoms with E-state index in [0.29, 0.717) is 0 Å². The Kier molecular flexibility index (Phi) is 7.31. The zero-order chi connectivity index (χ0) is 11.1. The molecule has 5 heteroatoms.